The van der Waals surface area contributed by atoms with Gasteiger partial charge in [0.2, 0.25) is 11.8 Å². The predicted octanol–water partition coefficient (Wildman–Crippen LogP) is 3.05. The molecular formula is C14H15N5OS. The molecule has 3 rings (SSSR count). The smallest absolute Gasteiger partial charge is 0.226 e. The van der Waals surface area contributed by atoms with Crippen LogP contribution < -0.4 is 5.32 Å². The van der Waals surface area contributed by atoms with E-state index in [1.807, 2.05) is 31.2 Å². The van der Waals surface area contributed by atoms with E-state index in [4.69, 9.17) is 4.42 Å². The fourth-order valence-corrected chi connectivity index (χ4v) is 2.63. The van der Waals surface area contributed by atoms with Crippen molar-refractivity contribution in [3.05, 3.63) is 36.0 Å². The van der Waals surface area contributed by atoms with E-state index in [-0.39, 0.29) is 0 Å². The summed E-state index contributed by atoms with van der Waals surface area (Å²) in [4.78, 5) is 9.13. The van der Waals surface area contributed by atoms with Crippen LogP contribution in [-0.2, 0) is 5.75 Å². The molecule has 0 saturated heterocycles. The van der Waals surface area contributed by atoms with Crippen molar-refractivity contribution in [2.24, 2.45) is 0 Å². The van der Waals surface area contributed by atoms with Crippen LogP contribution in [0.2, 0.25) is 0 Å². The van der Waals surface area contributed by atoms with E-state index in [0.717, 1.165) is 23.3 Å². The number of thioether (sulfide) groups is 1. The van der Waals surface area contributed by atoms with E-state index >= 15 is 0 Å². The lowest BCUT2D eigenvalue weighted by Crippen LogP contribution is -2.02. The van der Waals surface area contributed by atoms with Crippen LogP contribution in [0.3, 0.4) is 0 Å². The van der Waals surface area contributed by atoms with Crippen LogP contribution in [-0.4, -0.2) is 26.7 Å². The first kappa shape index (κ1) is 13.8. The standard InChI is InChI=1S/C14H15N5OS/c1-3-15-13-10-6-4-5-7-11(10)16-14(17-13)21-8-12-19-18-9(2)20-12/h4-7H,3,8H2,1-2H3,(H,15,16,17). The first-order valence-corrected chi connectivity index (χ1v) is 7.67. The largest absolute Gasteiger partial charge is 0.425 e. The Bertz CT molecular complexity index is 758. The van der Waals surface area contributed by atoms with Crippen molar-refractivity contribution in [2.45, 2.75) is 24.8 Å². The van der Waals surface area contributed by atoms with Gasteiger partial charge < -0.3 is 9.73 Å². The monoisotopic (exact) mass is 301 g/mol. The summed E-state index contributed by atoms with van der Waals surface area (Å²) in [5.41, 5.74) is 0.924. The number of nitrogens with zero attached hydrogens (tertiary/aromatic N) is 4. The number of anilines is 1. The lowest BCUT2D eigenvalue weighted by Gasteiger charge is -2.08. The third kappa shape index (κ3) is 3.13. The van der Waals surface area contributed by atoms with E-state index in [2.05, 4.69) is 25.5 Å². The van der Waals surface area contributed by atoms with Crippen LogP contribution in [0, 0.1) is 6.92 Å². The van der Waals surface area contributed by atoms with Crippen LogP contribution in [0.25, 0.3) is 10.9 Å². The van der Waals surface area contributed by atoms with E-state index in [0.29, 0.717) is 22.7 Å². The summed E-state index contributed by atoms with van der Waals surface area (Å²) in [6.07, 6.45) is 0. The Morgan fingerprint density at radius 2 is 2.05 bits per heavy atom. The fourth-order valence-electron chi connectivity index (χ4n) is 1.94. The maximum atomic E-state index is 5.36. The topological polar surface area (TPSA) is 76.7 Å². The van der Waals surface area contributed by atoms with Crippen LogP contribution in [0.15, 0.2) is 33.8 Å². The quantitative estimate of drug-likeness (QED) is 0.573. The molecule has 0 aliphatic carbocycles. The molecule has 1 aromatic carbocycles. The summed E-state index contributed by atoms with van der Waals surface area (Å²) >= 11 is 1.48. The predicted molar refractivity (Wildman–Crippen MR) is 82.3 cm³/mol. The minimum atomic E-state index is 0.560. The molecule has 0 saturated carbocycles. The third-order valence-corrected chi connectivity index (χ3v) is 3.65. The number of hydrogen-bond donors (Lipinski definition) is 1. The minimum absolute atomic E-state index is 0.560. The molecule has 21 heavy (non-hydrogen) atoms. The second-order valence-corrected chi connectivity index (χ2v) is 5.35. The first-order valence-electron chi connectivity index (χ1n) is 6.68. The molecule has 108 valence electrons. The van der Waals surface area contributed by atoms with Gasteiger partial charge in [-0.15, -0.1) is 10.2 Å². The molecule has 0 radical (unpaired) electrons. The minimum Gasteiger partial charge on any atom is -0.425 e. The number of rotatable bonds is 5. The average molecular weight is 301 g/mol. The summed E-state index contributed by atoms with van der Waals surface area (Å²) < 4.78 is 5.36. The Labute approximate surface area is 126 Å². The highest BCUT2D eigenvalue weighted by atomic mass is 32.2. The Morgan fingerprint density at radius 3 is 2.81 bits per heavy atom. The Hall–Kier alpha value is -2.15. The molecule has 0 unspecified atom stereocenters. The molecule has 0 bridgehead atoms. The van der Waals surface area contributed by atoms with Crippen molar-refractivity contribution in [1.82, 2.24) is 20.2 Å². The lowest BCUT2D eigenvalue weighted by molar-refractivity contribution is 0.485. The number of para-hydroxylation sites is 1. The number of fused-ring (bicyclic) bond motifs is 1. The number of aromatic nitrogens is 4. The zero-order valence-electron chi connectivity index (χ0n) is 11.8. The Balaban J connectivity index is 1.87. The molecule has 2 heterocycles. The van der Waals surface area contributed by atoms with Gasteiger partial charge in [-0.25, -0.2) is 9.97 Å². The summed E-state index contributed by atoms with van der Waals surface area (Å²) in [6, 6.07) is 7.96. The molecular weight excluding hydrogens is 286 g/mol. The van der Waals surface area contributed by atoms with E-state index in [1.54, 1.807) is 6.92 Å². The van der Waals surface area contributed by atoms with Gasteiger partial charge in [-0.05, 0) is 19.1 Å². The second-order valence-electron chi connectivity index (χ2n) is 4.41. The Morgan fingerprint density at radius 1 is 1.19 bits per heavy atom. The molecule has 0 atom stereocenters. The molecule has 7 heteroatoms. The molecule has 2 aromatic heterocycles. The van der Waals surface area contributed by atoms with Gasteiger partial charge in [0.15, 0.2) is 5.16 Å². The maximum absolute atomic E-state index is 5.36. The highest BCUT2D eigenvalue weighted by Crippen LogP contribution is 2.25. The van der Waals surface area contributed by atoms with Gasteiger partial charge in [0, 0.05) is 18.9 Å². The van der Waals surface area contributed by atoms with Gasteiger partial charge in [0.05, 0.1) is 11.3 Å². The summed E-state index contributed by atoms with van der Waals surface area (Å²) in [5, 5.41) is 12.8. The maximum Gasteiger partial charge on any atom is 0.226 e. The van der Waals surface area contributed by atoms with Crippen molar-refractivity contribution >= 4 is 28.5 Å². The zero-order chi connectivity index (χ0) is 14.7. The first-order chi connectivity index (χ1) is 10.3. The SMILES string of the molecule is CCNc1nc(SCc2nnc(C)o2)nc2ccccc12. The third-order valence-electron chi connectivity index (χ3n) is 2.82. The number of hydrogen-bond acceptors (Lipinski definition) is 7. The Kier molecular flexibility index (Phi) is 4.01. The normalized spacial score (nSPS) is 11.0. The van der Waals surface area contributed by atoms with Crippen LogP contribution >= 0.6 is 11.8 Å². The highest BCUT2D eigenvalue weighted by molar-refractivity contribution is 7.98. The van der Waals surface area contributed by atoms with Gasteiger partial charge in [0.25, 0.3) is 0 Å². The summed E-state index contributed by atoms with van der Waals surface area (Å²) in [7, 11) is 0. The van der Waals surface area contributed by atoms with E-state index < -0.39 is 0 Å². The lowest BCUT2D eigenvalue weighted by atomic mass is 10.2. The number of benzene rings is 1. The van der Waals surface area contributed by atoms with Gasteiger partial charge in [-0.1, -0.05) is 23.9 Å². The van der Waals surface area contributed by atoms with Crippen LogP contribution in [0.5, 0.6) is 0 Å². The molecule has 1 N–H and O–H groups in total. The van der Waals surface area contributed by atoms with Crippen LogP contribution in [0.4, 0.5) is 5.82 Å². The van der Waals surface area contributed by atoms with Crippen molar-refractivity contribution in [1.29, 1.82) is 0 Å². The highest BCUT2D eigenvalue weighted by Gasteiger charge is 2.09. The molecule has 6 nitrogen and oxygen atoms in total. The zero-order valence-corrected chi connectivity index (χ0v) is 12.6. The van der Waals surface area contributed by atoms with Crippen molar-refractivity contribution in [3.63, 3.8) is 0 Å². The summed E-state index contributed by atoms with van der Waals surface area (Å²) in [6.45, 7) is 4.63. The average Bonchev–Trinajstić information content (AvgIpc) is 2.91. The van der Waals surface area contributed by atoms with Crippen molar-refractivity contribution < 1.29 is 4.42 Å². The molecule has 0 fully saturated rings. The summed E-state index contributed by atoms with van der Waals surface area (Å²) in [5.74, 6) is 2.56. The van der Waals surface area contributed by atoms with Gasteiger partial charge in [-0.2, -0.15) is 0 Å². The fraction of sp³-hybridized carbons (Fsp3) is 0.286. The number of aryl methyl sites for hydroxylation is 1. The van der Waals surface area contributed by atoms with E-state index in [1.165, 1.54) is 11.8 Å². The molecule has 0 aliphatic rings. The molecule has 3 aromatic rings. The van der Waals surface area contributed by atoms with Gasteiger partial charge >= 0.3 is 0 Å². The molecule has 0 spiro atoms. The van der Waals surface area contributed by atoms with Crippen molar-refractivity contribution in [3.8, 4) is 0 Å². The number of nitrogens with one attached hydrogen (secondary N) is 1. The molecule has 0 aliphatic heterocycles. The van der Waals surface area contributed by atoms with Gasteiger partial charge in [0.1, 0.15) is 5.82 Å². The van der Waals surface area contributed by atoms with Crippen molar-refractivity contribution in [2.75, 3.05) is 11.9 Å². The van der Waals surface area contributed by atoms with Crippen LogP contribution in [0.1, 0.15) is 18.7 Å². The second kappa shape index (κ2) is 6.09. The molecule has 0 amide bonds. The van der Waals surface area contributed by atoms with E-state index in [9.17, 15) is 0 Å². The van der Waals surface area contributed by atoms with Gasteiger partial charge in [-0.3, -0.25) is 0 Å².